The first kappa shape index (κ1) is 15.3. The summed E-state index contributed by atoms with van der Waals surface area (Å²) in [4.78, 5) is 8.66. The molecule has 2 rings (SSSR count). The van der Waals surface area contributed by atoms with Crippen LogP contribution in [0.4, 0.5) is 5.82 Å². The normalized spacial score (nSPS) is 12.0. The van der Waals surface area contributed by atoms with Gasteiger partial charge in [0.25, 0.3) is 0 Å². The van der Waals surface area contributed by atoms with E-state index in [0.29, 0.717) is 18.5 Å². The zero-order valence-corrected chi connectivity index (χ0v) is 13.0. The Kier molecular flexibility index (Phi) is 5.55. The summed E-state index contributed by atoms with van der Waals surface area (Å²) >= 11 is 0. The molecule has 21 heavy (non-hydrogen) atoms. The van der Waals surface area contributed by atoms with Gasteiger partial charge in [-0.05, 0) is 39.2 Å². The second-order valence-electron chi connectivity index (χ2n) is 5.14. The summed E-state index contributed by atoms with van der Waals surface area (Å²) in [6.45, 7) is 6.61. The second kappa shape index (κ2) is 7.62. The molecular weight excluding hydrogens is 262 g/mol. The molecule has 0 saturated carbocycles. The van der Waals surface area contributed by atoms with Crippen LogP contribution >= 0.6 is 0 Å². The van der Waals surface area contributed by atoms with Crippen LogP contribution in [-0.2, 0) is 6.42 Å². The molecule has 1 heterocycles. The van der Waals surface area contributed by atoms with E-state index < -0.39 is 0 Å². The number of ether oxygens (including phenoxy) is 1. The van der Waals surface area contributed by atoms with Crippen molar-refractivity contribution in [3.63, 3.8) is 0 Å². The number of nitrogens with one attached hydrogen (secondary N) is 1. The SMILES string of the molecule is CCOc1cc(NC(C)CCc2ccccc2)nc(C)n1. The van der Waals surface area contributed by atoms with E-state index in [4.69, 9.17) is 4.74 Å². The van der Waals surface area contributed by atoms with Crippen molar-refractivity contribution < 1.29 is 4.74 Å². The molecule has 0 bridgehead atoms. The van der Waals surface area contributed by atoms with Crippen molar-refractivity contribution in [1.29, 1.82) is 0 Å². The average molecular weight is 285 g/mol. The Morgan fingerprint density at radius 3 is 2.67 bits per heavy atom. The van der Waals surface area contributed by atoms with Crippen LogP contribution in [-0.4, -0.2) is 22.6 Å². The summed E-state index contributed by atoms with van der Waals surface area (Å²) in [7, 11) is 0. The second-order valence-corrected chi connectivity index (χ2v) is 5.14. The Balaban J connectivity index is 1.91. The van der Waals surface area contributed by atoms with Crippen molar-refractivity contribution in [1.82, 2.24) is 9.97 Å². The van der Waals surface area contributed by atoms with Gasteiger partial charge in [-0.15, -0.1) is 0 Å². The van der Waals surface area contributed by atoms with Gasteiger partial charge in [0.1, 0.15) is 11.6 Å². The van der Waals surface area contributed by atoms with E-state index in [-0.39, 0.29) is 0 Å². The number of aryl methyl sites for hydroxylation is 2. The summed E-state index contributed by atoms with van der Waals surface area (Å²) < 4.78 is 5.45. The van der Waals surface area contributed by atoms with Crippen molar-refractivity contribution in [3.8, 4) is 5.88 Å². The van der Waals surface area contributed by atoms with Crippen molar-refractivity contribution in [2.45, 2.75) is 39.7 Å². The number of nitrogens with zero attached hydrogens (tertiary/aromatic N) is 2. The fourth-order valence-corrected chi connectivity index (χ4v) is 2.19. The Hall–Kier alpha value is -2.10. The highest BCUT2D eigenvalue weighted by Gasteiger charge is 2.07. The Morgan fingerprint density at radius 1 is 1.19 bits per heavy atom. The summed E-state index contributed by atoms with van der Waals surface area (Å²) in [5.41, 5.74) is 1.36. The predicted octanol–water partition coefficient (Wildman–Crippen LogP) is 3.62. The lowest BCUT2D eigenvalue weighted by Gasteiger charge is -2.15. The summed E-state index contributed by atoms with van der Waals surface area (Å²) in [6.07, 6.45) is 2.11. The molecule has 0 saturated heterocycles. The zero-order chi connectivity index (χ0) is 15.1. The number of anilines is 1. The molecule has 4 heteroatoms. The van der Waals surface area contributed by atoms with Crippen molar-refractivity contribution >= 4 is 5.82 Å². The van der Waals surface area contributed by atoms with Crippen LogP contribution in [0.25, 0.3) is 0 Å². The molecule has 1 aromatic carbocycles. The molecule has 1 atom stereocenters. The first-order valence-corrected chi connectivity index (χ1v) is 7.46. The number of hydrogen-bond acceptors (Lipinski definition) is 4. The molecular formula is C17H23N3O. The molecule has 112 valence electrons. The van der Waals surface area contributed by atoms with Crippen molar-refractivity contribution in [2.75, 3.05) is 11.9 Å². The number of aromatic nitrogens is 2. The highest BCUT2D eigenvalue weighted by Crippen LogP contribution is 2.15. The van der Waals surface area contributed by atoms with Crippen LogP contribution in [0.2, 0.25) is 0 Å². The Bertz CT molecular complexity index is 557. The van der Waals surface area contributed by atoms with E-state index in [1.165, 1.54) is 5.56 Å². The smallest absolute Gasteiger partial charge is 0.218 e. The molecule has 0 aliphatic rings. The van der Waals surface area contributed by atoms with Crippen LogP contribution in [0.15, 0.2) is 36.4 Å². The maximum Gasteiger partial charge on any atom is 0.218 e. The molecule has 0 amide bonds. The highest BCUT2D eigenvalue weighted by molar-refractivity contribution is 5.39. The predicted molar refractivity (Wildman–Crippen MR) is 85.8 cm³/mol. The first-order valence-electron chi connectivity index (χ1n) is 7.46. The van der Waals surface area contributed by atoms with Gasteiger partial charge in [-0.25, -0.2) is 4.98 Å². The Morgan fingerprint density at radius 2 is 1.95 bits per heavy atom. The van der Waals surface area contributed by atoms with Gasteiger partial charge in [0, 0.05) is 12.1 Å². The van der Waals surface area contributed by atoms with Crippen LogP contribution < -0.4 is 10.1 Å². The maximum atomic E-state index is 5.45. The molecule has 0 fully saturated rings. The highest BCUT2D eigenvalue weighted by atomic mass is 16.5. The van der Waals surface area contributed by atoms with E-state index in [1.807, 2.05) is 26.0 Å². The van der Waals surface area contributed by atoms with Gasteiger partial charge in [0.15, 0.2) is 0 Å². The van der Waals surface area contributed by atoms with E-state index in [2.05, 4.69) is 46.5 Å². The molecule has 0 aliphatic carbocycles. The summed E-state index contributed by atoms with van der Waals surface area (Å²) in [5.74, 6) is 2.17. The third-order valence-corrected chi connectivity index (χ3v) is 3.21. The zero-order valence-electron chi connectivity index (χ0n) is 13.0. The van der Waals surface area contributed by atoms with Gasteiger partial charge in [-0.3, -0.25) is 0 Å². The Labute approximate surface area is 126 Å². The maximum absolute atomic E-state index is 5.45. The van der Waals surface area contributed by atoms with Gasteiger partial charge in [0.05, 0.1) is 6.61 Å². The number of benzene rings is 1. The lowest BCUT2D eigenvalue weighted by molar-refractivity contribution is 0.325. The summed E-state index contributed by atoms with van der Waals surface area (Å²) in [6, 6.07) is 12.7. The van der Waals surface area contributed by atoms with Crippen LogP contribution in [0, 0.1) is 6.92 Å². The molecule has 4 nitrogen and oxygen atoms in total. The molecule has 0 aliphatic heterocycles. The standard InChI is InChI=1S/C17H23N3O/c1-4-21-17-12-16(19-14(3)20-17)18-13(2)10-11-15-8-6-5-7-9-15/h5-9,12-13H,4,10-11H2,1-3H3,(H,18,19,20). The topological polar surface area (TPSA) is 47.0 Å². The van der Waals surface area contributed by atoms with E-state index in [1.54, 1.807) is 0 Å². The van der Waals surface area contributed by atoms with Gasteiger partial charge >= 0.3 is 0 Å². The molecule has 1 unspecified atom stereocenters. The number of hydrogen-bond donors (Lipinski definition) is 1. The van der Waals surface area contributed by atoms with Crippen molar-refractivity contribution in [2.24, 2.45) is 0 Å². The minimum atomic E-state index is 0.342. The minimum Gasteiger partial charge on any atom is -0.478 e. The molecule has 1 N–H and O–H groups in total. The molecule has 0 spiro atoms. The number of rotatable bonds is 7. The van der Waals surface area contributed by atoms with E-state index >= 15 is 0 Å². The molecule has 2 aromatic rings. The van der Waals surface area contributed by atoms with Gasteiger partial charge < -0.3 is 10.1 Å². The van der Waals surface area contributed by atoms with Crippen LogP contribution in [0.1, 0.15) is 31.7 Å². The first-order chi connectivity index (χ1) is 10.2. The monoisotopic (exact) mass is 285 g/mol. The van der Waals surface area contributed by atoms with Crippen molar-refractivity contribution in [3.05, 3.63) is 47.8 Å². The third kappa shape index (κ3) is 5.06. The largest absolute Gasteiger partial charge is 0.478 e. The van der Waals surface area contributed by atoms with Crippen LogP contribution in [0.5, 0.6) is 5.88 Å². The molecule has 1 aromatic heterocycles. The lowest BCUT2D eigenvalue weighted by atomic mass is 10.1. The lowest BCUT2D eigenvalue weighted by Crippen LogP contribution is -2.17. The third-order valence-electron chi connectivity index (χ3n) is 3.21. The van der Waals surface area contributed by atoms with E-state index in [9.17, 15) is 0 Å². The minimum absolute atomic E-state index is 0.342. The average Bonchev–Trinajstić information content (AvgIpc) is 2.46. The fraction of sp³-hybridized carbons (Fsp3) is 0.412. The van der Waals surface area contributed by atoms with Gasteiger partial charge in [-0.2, -0.15) is 4.98 Å². The van der Waals surface area contributed by atoms with Gasteiger partial charge in [0.2, 0.25) is 5.88 Å². The van der Waals surface area contributed by atoms with E-state index in [0.717, 1.165) is 24.5 Å². The molecule has 0 radical (unpaired) electrons. The summed E-state index contributed by atoms with van der Waals surface area (Å²) in [5, 5.41) is 3.42. The fourth-order valence-electron chi connectivity index (χ4n) is 2.19. The van der Waals surface area contributed by atoms with Gasteiger partial charge in [-0.1, -0.05) is 30.3 Å². The quantitative estimate of drug-likeness (QED) is 0.844. The van der Waals surface area contributed by atoms with Crippen LogP contribution in [0.3, 0.4) is 0 Å².